The van der Waals surface area contributed by atoms with Crippen LogP contribution in [0.15, 0.2) is 0 Å². The SMILES string of the molecule is CC(C)(C)N1CC[C@@H](OC(N)=O)C1=O. The lowest BCUT2D eigenvalue weighted by atomic mass is 10.1. The lowest BCUT2D eigenvalue weighted by Gasteiger charge is -2.31. The van der Waals surface area contributed by atoms with E-state index in [-0.39, 0.29) is 11.4 Å². The first-order chi connectivity index (χ1) is 6.32. The average Bonchev–Trinajstić information content (AvgIpc) is 2.30. The molecule has 80 valence electrons. The molecular weight excluding hydrogens is 184 g/mol. The van der Waals surface area contributed by atoms with Gasteiger partial charge in [-0.05, 0) is 20.8 Å². The van der Waals surface area contributed by atoms with Crippen molar-refractivity contribution in [3.8, 4) is 0 Å². The third-order valence-corrected chi connectivity index (χ3v) is 2.22. The minimum Gasteiger partial charge on any atom is -0.436 e. The summed E-state index contributed by atoms with van der Waals surface area (Å²) in [6.45, 7) is 6.44. The quantitative estimate of drug-likeness (QED) is 0.669. The van der Waals surface area contributed by atoms with E-state index in [4.69, 9.17) is 10.5 Å². The Kier molecular flexibility index (Phi) is 2.69. The van der Waals surface area contributed by atoms with Gasteiger partial charge in [0.25, 0.3) is 5.91 Å². The monoisotopic (exact) mass is 200 g/mol. The third-order valence-electron chi connectivity index (χ3n) is 2.22. The van der Waals surface area contributed by atoms with Crippen molar-refractivity contribution in [3.63, 3.8) is 0 Å². The number of nitrogens with zero attached hydrogens (tertiary/aromatic N) is 1. The lowest BCUT2D eigenvalue weighted by Crippen LogP contribution is -2.44. The molecule has 0 aromatic heterocycles. The van der Waals surface area contributed by atoms with Gasteiger partial charge in [-0.25, -0.2) is 4.79 Å². The molecule has 14 heavy (non-hydrogen) atoms. The number of rotatable bonds is 1. The molecule has 0 spiro atoms. The normalized spacial score (nSPS) is 22.6. The Bertz CT molecular complexity index is 257. The number of ether oxygens (including phenoxy) is 1. The number of nitrogens with two attached hydrogens (primary N) is 1. The summed E-state index contributed by atoms with van der Waals surface area (Å²) in [7, 11) is 0. The Balaban J connectivity index is 2.65. The lowest BCUT2D eigenvalue weighted by molar-refractivity contribution is -0.138. The zero-order valence-corrected chi connectivity index (χ0v) is 8.74. The molecule has 2 amide bonds. The maximum absolute atomic E-state index is 11.7. The first kappa shape index (κ1) is 10.8. The fourth-order valence-corrected chi connectivity index (χ4v) is 1.57. The van der Waals surface area contributed by atoms with Crippen LogP contribution in [0.5, 0.6) is 0 Å². The molecule has 0 unspecified atom stereocenters. The number of likely N-dealkylation sites (tertiary alicyclic amines) is 1. The fourth-order valence-electron chi connectivity index (χ4n) is 1.57. The molecule has 1 rings (SSSR count). The Morgan fingerprint density at radius 2 is 2.14 bits per heavy atom. The zero-order chi connectivity index (χ0) is 10.9. The molecule has 0 radical (unpaired) electrons. The van der Waals surface area contributed by atoms with Crippen LogP contribution in [0.1, 0.15) is 27.2 Å². The van der Waals surface area contributed by atoms with Crippen LogP contribution in [-0.4, -0.2) is 35.1 Å². The standard InChI is InChI=1S/C9H16N2O3/c1-9(2,3)11-5-4-6(7(11)12)14-8(10)13/h6H,4-5H2,1-3H3,(H2,10,13)/t6-/m1/s1. The third kappa shape index (κ3) is 2.16. The minimum absolute atomic E-state index is 0.156. The van der Waals surface area contributed by atoms with Crippen molar-refractivity contribution in [1.82, 2.24) is 4.90 Å². The molecule has 1 atom stereocenters. The molecule has 0 aliphatic carbocycles. The van der Waals surface area contributed by atoms with Crippen LogP contribution < -0.4 is 5.73 Å². The van der Waals surface area contributed by atoms with Gasteiger partial charge in [-0.3, -0.25) is 4.79 Å². The summed E-state index contributed by atoms with van der Waals surface area (Å²) in [5, 5.41) is 0. The molecule has 0 saturated carbocycles. The van der Waals surface area contributed by atoms with Crippen LogP contribution in [0.3, 0.4) is 0 Å². The van der Waals surface area contributed by atoms with Gasteiger partial charge < -0.3 is 15.4 Å². The maximum Gasteiger partial charge on any atom is 0.405 e. The Hall–Kier alpha value is -1.26. The smallest absolute Gasteiger partial charge is 0.405 e. The molecule has 5 heteroatoms. The van der Waals surface area contributed by atoms with Crippen molar-refractivity contribution < 1.29 is 14.3 Å². The van der Waals surface area contributed by atoms with Gasteiger partial charge in [0.15, 0.2) is 6.10 Å². The number of hydrogen-bond donors (Lipinski definition) is 1. The minimum atomic E-state index is -0.890. The van der Waals surface area contributed by atoms with E-state index >= 15 is 0 Å². The molecule has 2 N–H and O–H groups in total. The predicted molar refractivity (Wildman–Crippen MR) is 50.5 cm³/mol. The van der Waals surface area contributed by atoms with Gasteiger partial charge in [-0.15, -0.1) is 0 Å². The summed E-state index contributed by atoms with van der Waals surface area (Å²) in [6, 6.07) is 0. The molecule has 1 aliphatic rings. The highest BCUT2D eigenvalue weighted by Crippen LogP contribution is 2.23. The molecule has 1 aliphatic heterocycles. The fraction of sp³-hybridized carbons (Fsp3) is 0.778. The highest BCUT2D eigenvalue weighted by atomic mass is 16.6. The van der Waals surface area contributed by atoms with Gasteiger partial charge in [-0.1, -0.05) is 0 Å². The van der Waals surface area contributed by atoms with Crippen molar-refractivity contribution in [2.45, 2.75) is 38.8 Å². The van der Waals surface area contributed by atoms with Gasteiger partial charge in [0.2, 0.25) is 0 Å². The van der Waals surface area contributed by atoms with Crippen LogP contribution in [-0.2, 0) is 9.53 Å². The number of amides is 2. The van der Waals surface area contributed by atoms with E-state index in [0.29, 0.717) is 13.0 Å². The number of carbonyl (C=O) groups excluding carboxylic acids is 2. The molecule has 0 bridgehead atoms. The molecule has 5 nitrogen and oxygen atoms in total. The van der Waals surface area contributed by atoms with Crippen molar-refractivity contribution in [2.75, 3.05) is 6.54 Å². The summed E-state index contributed by atoms with van der Waals surface area (Å²) in [6.07, 6.45) is -1.05. The maximum atomic E-state index is 11.7. The summed E-state index contributed by atoms with van der Waals surface area (Å²) in [4.78, 5) is 23.9. The molecule has 0 aromatic rings. The summed E-state index contributed by atoms with van der Waals surface area (Å²) in [5.41, 5.74) is 4.63. The van der Waals surface area contributed by atoms with Crippen LogP contribution in [0.4, 0.5) is 4.79 Å². The number of primary amides is 1. The van der Waals surface area contributed by atoms with E-state index in [1.165, 1.54) is 0 Å². The second-order valence-electron chi connectivity index (χ2n) is 4.37. The van der Waals surface area contributed by atoms with Crippen LogP contribution in [0, 0.1) is 0 Å². The van der Waals surface area contributed by atoms with E-state index in [0.717, 1.165) is 0 Å². The second-order valence-corrected chi connectivity index (χ2v) is 4.37. The topological polar surface area (TPSA) is 72.6 Å². The van der Waals surface area contributed by atoms with Crippen LogP contribution >= 0.6 is 0 Å². The van der Waals surface area contributed by atoms with Gasteiger partial charge in [-0.2, -0.15) is 0 Å². The molecule has 1 fully saturated rings. The van der Waals surface area contributed by atoms with Crippen molar-refractivity contribution in [1.29, 1.82) is 0 Å². The Morgan fingerprint density at radius 3 is 2.50 bits per heavy atom. The van der Waals surface area contributed by atoms with Crippen LogP contribution in [0.25, 0.3) is 0 Å². The Morgan fingerprint density at radius 1 is 1.57 bits per heavy atom. The van der Waals surface area contributed by atoms with Gasteiger partial charge >= 0.3 is 6.09 Å². The first-order valence-corrected chi connectivity index (χ1v) is 4.60. The summed E-state index contributed by atoms with van der Waals surface area (Å²) in [5.74, 6) is -0.156. The van der Waals surface area contributed by atoms with Crippen molar-refractivity contribution in [3.05, 3.63) is 0 Å². The van der Waals surface area contributed by atoms with E-state index in [1.807, 2.05) is 20.8 Å². The first-order valence-electron chi connectivity index (χ1n) is 4.60. The molecule has 0 aromatic carbocycles. The second kappa shape index (κ2) is 3.48. The summed E-state index contributed by atoms with van der Waals surface area (Å²) < 4.78 is 4.70. The van der Waals surface area contributed by atoms with E-state index in [2.05, 4.69) is 0 Å². The van der Waals surface area contributed by atoms with E-state index in [1.54, 1.807) is 4.90 Å². The molecule has 1 saturated heterocycles. The van der Waals surface area contributed by atoms with Gasteiger partial charge in [0, 0.05) is 18.5 Å². The summed E-state index contributed by atoms with van der Waals surface area (Å²) >= 11 is 0. The highest BCUT2D eigenvalue weighted by molar-refractivity contribution is 5.85. The number of carbonyl (C=O) groups is 2. The molecular formula is C9H16N2O3. The van der Waals surface area contributed by atoms with Crippen molar-refractivity contribution in [2.24, 2.45) is 5.73 Å². The van der Waals surface area contributed by atoms with Gasteiger partial charge in [0.05, 0.1) is 0 Å². The van der Waals surface area contributed by atoms with E-state index < -0.39 is 12.2 Å². The molecule has 1 heterocycles. The zero-order valence-electron chi connectivity index (χ0n) is 8.74. The predicted octanol–water partition coefficient (Wildman–Crippen LogP) is 0.481. The van der Waals surface area contributed by atoms with Gasteiger partial charge in [0.1, 0.15) is 0 Å². The largest absolute Gasteiger partial charge is 0.436 e. The van der Waals surface area contributed by atoms with Crippen molar-refractivity contribution >= 4 is 12.0 Å². The van der Waals surface area contributed by atoms with Crippen LogP contribution in [0.2, 0.25) is 0 Å². The number of hydrogen-bond acceptors (Lipinski definition) is 3. The Labute approximate surface area is 83.2 Å². The highest BCUT2D eigenvalue weighted by Gasteiger charge is 2.39. The average molecular weight is 200 g/mol. The van der Waals surface area contributed by atoms with E-state index in [9.17, 15) is 9.59 Å².